The predicted octanol–water partition coefficient (Wildman–Crippen LogP) is 4.09. The molecule has 2 aromatic carbocycles. The third-order valence-electron chi connectivity index (χ3n) is 6.98. The van der Waals surface area contributed by atoms with Crippen LogP contribution >= 0.6 is 0 Å². The number of rotatable bonds is 5. The number of benzene rings is 2. The minimum Gasteiger partial charge on any atom is -0.337 e. The van der Waals surface area contributed by atoms with E-state index in [0.29, 0.717) is 6.04 Å². The molecule has 1 aliphatic heterocycles. The molecule has 156 valence electrons. The van der Waals surface area contributed by atoms with E-state index in [1.165, 1.54) is 30.4 Å². The van der Waals surface area contributed by atoms with Crippen LogP contribution in [0, 0.1) is 6.92 Å². The van der Waals surface area contributed by atoms with Crippen molar-refractivity contribution in [3.8, 4) is 0 Å². The molecule has 1 atom stereocenters. The Morgan fingerprint density at radius 3 is 2.67 bits per heavy atom. The van der Waals surface area contributed by atoms with Crippen LogP contribution in [-0.2, 0) is 6.54 Å². The number of carbonyl (C=O) groups is 1. The summed E-state index contributed by atoms with van der Waals surface area (Å²) in [5.74, 6) is 0.130. The number of aryl methyl sites for hydroxylation is 1. The number of hydrogen-bond acceptors (Lipinski definition) is 3. The Hall–Kier alpha value is -2.66. The Balaban J connectivity index is 1.24. The van der Waals surface area contributed by atoms with Crippen LogP contribution in [0.15, 0.2) is 48.8 Å². The fraction of sp³-hybridized carbons (Fsp3) is 0.440. The van der Waals surface area contributed by atoms with E-state index in [2.05, 4.69) is 51.7 Å². The molecular formula is C25H30N4O. The first-order valence-corrected chi connectivity index (χ1v) is 11.1. The molecule has 1 aliphatic carbocycles. The van der Waals surface area contributed by atoms with Crippen molar-refractivity contribution < 1.29 is 4.79 Å². The first-order chi connectivity index (χ1) is 14.6. The maximum Gasteiger partial charge on any atom is 0.253 e. The number of imidazole rings is 1. The van der Waals surface area contributed by atoms with E-state index in [-0.39, 0.29) is 5.91 Å². The van der Waals surface area contributed by atoms with Crippen molar-refractivity contribution in [1.82, 2.24) is 19.4 Å². The fourth-order valence-corrected chi connectivity index (χ4v) is 4.79. The Bertz CT molecular complexity index is 1050. The minimum atomic E-state index is 0.130. The van der Waals surface area contributed by atoms with Gasteiger partial charge >= 0.3 is 0 Å². The van der Waals surface area contributed by atoms with Gasteiger partial charge in [0.25, 0.3) is 5.91 Å². The Morgan fingerprint density at radius 2 is 1.93 bits per heavy atom. The molecule has 2 heterocycles. The molecule has 0 unspecified atom stereocenters. The smallest absolute Gasteiger partial charge is 0.253 e. The first kappa shape index (κ1) is 19.3. The van der Waals surface area contributed by atoms with Gasteiger partial charge in [-0.1, -0.05) is 24.6 Å². The molecule has 0 N–H and O–H groups in total. The summed E-state index contributed by atoms with van der Waals surface area (Å²) in [6, 6.07) is 15.5. The molecule has 5 nitrogen and oxygen atoms in total. The van der Waals surface area contributed by atoms with Crippen LogP contribution in [0.4, 0.5) is 0 Å². The second-order valence-electron chi connectivity index (χ2n) is 9.00. The van der Waals surface area contributed by atoms with Crippen molar-refractivity contribution in [2.45, 2.75) is 51.2 Å². The van der Waals surface area contributed by atoms with Crippen LogP contribution in [0.2, 0.25) is 0 Å². The van der Waals surface area contributed by atoms with Crippen molar-refractivity contribution in [2.24, 2.45) is 0 Å². The highest BCUT2D eigenvalue weighted by Crippen LogP contribution is 2.29. The van der Waals surface area contributed by atoms with E-state index in [9.17, 15) is 4.79 Å². The van der Waals surface area contributed by atoms with Crippen LogP contribution in [-0.4, -0.2) is 57.5 Å². The molecule has 5 rings (SSSR count). The summed E-state index contributed by atoms with van der Waals surface area (Å²) in [6.07, 6.45) is 7.01. The summed E-state index contributed by atoms with van der Waals surface area (Å²) in [5, 5.41) is 0. The molecule has 30 heavy (non-hydrogen) atoms. The molecule has 0 bridgehead atoms. The van der Waals surface area contributed by atoms with Gasteiger partial charge in [0.1, 0.15) is 0 Å². The molecule has 1 aromatic heterocycles. The topological polar surface area (TPSA) is 41.4 Å². The van der Waals surface area contributed by atoms with Crippen molar-refractivity contribution in [3.63, 3.8) is 0 Å². The average molecular weight is 403 g/mol. The standard InChI is InChI=1S/C25H30N4O/c1-18-6-11-24-23(14-18)26-17-29(24)15-19-7-9-20(10-8-19)25(30)27(2)22-12-13-28(16-22)21-4-3-5-21/h6-11,14,17,21-22H,3-5,12-13,15-16H2,1-2H3/t22-/m1/s1. The maximum absolute atomic E-state index is 13.0. The van der Waals surface area contributed by atoms with E-state index < -0.39 is 0 Å². The summed E-state index contributed by atoms with van der Waals surface area (Å²) in [7, 11) is 1.96. The molecule has 0 radical (unpaired) electrons. The van der Waals surface area contributed by atoms with Crippen molar-refractivity contribution >= 4 is 16.9 Å². The zero-order valence-corrected chi connectivity index (χ0v) is 17.9. The highest BCUT2D eigenvalue weighted by atomic mass is 16.2. The van der Waals surface area contributed by atoms with Gasteiger partial charge in [0.15, 0.2) is 0 Å². The lowest BCUT2D eigenvalue weighted by molar-refractivity contribution is 0.0720. The third-order valence-corrected chi connectivity index (χ3v) is 6.98. The zero-order valence-electron chi connectivity index (χ0n) is 17.9. The Labute approximate surface area is 178 Å². The number of aromatic nitrogens is 2. The van der Waals surface area contributed by atoms with E-state index in [0.717, 1.165) is 48.7 Å². The highest BCUT2D eigenvalue weighted by molar-refractivity contribution is 5.94. The lowest BCUT2D eigenvalue weighted by atomic mass is 9.92. The van der Waals surface area contributed by atoms with Gasteiger partial charge in [-0.25, -0.2) is 4.98 Å². The Morgan fingerprint density at radius 1 is 1.13 bits per heavy atom. The number of likely N-dealkylation sites (N-methyl/N-ethyl adjacent to an activating group) is 1. The van der Waals surface area contributed by atoms with Gasteiger partial charge in [0, 0.05) is 44.3 Å². The molecule has 0 spiro atoms. The number of amides is 1. The molecule has 2 fully saturated rings. The van der Waals surface area contributed by atoms with Gasteiger partial charge in [-0.05, 0) is 61.6 Å². The van der Waals surface area contributed by atoms with Crippen LogP contribution in [0.1, 0.15) is 47.2 Å². The second kappa shape index (κ2) is 7.88. The van der Waals surface area contributed by atoms with Crippen LogP contribution < -0.4 is 0 Å². The largest absolute Gasteiger partial charge is 0.337 e. The summed E-state index contributed by atoms with van der Waals surface area (Å²) in [5.41, 5.74) is 5.33. The van der Waals surface area contributed by atoms with Crippen LogP contribution in [0.5, 0.6) is 0 Å². The first-order valence-electron chi connectivity index (χ1n) is 11.1. The molecule has 3 aromatic rings. The predicted molar refractivity (Wildman–Crippen MR) is 120 cm³/mol. The minimum absolute atomic E-state index is 0.130. The van der Waals surface area contributed by atoms with E-state index >= 15 is 0 Å². The van der Waals surface area contributed by atoms with Gasteiger partial charge in [-0.3, -0.25) is 9.69 Å². The number of hydrogen-bond donors (Lipinski definition) is 0. The number of likely N-dealkylation sites (tertiary alicyclic amines) is 1. The molecule has 1 amide bonds. The highest BCUT2D eigenvalue weighted by Gasteiger charge is 2.34. The van der Waals surface area contributed by atoms with Gasteiger partial charge in [0.2, 0.25) is 0 Å². The molecular weight excluding hydrogens is 372 g/mol. The number of fused-ring (bicyclic) bond motifs is 1. The van der Waals surface area contributed by atoms with Gasteiger partial charge in [0.05, 0.1) is 17.4 Å². The average Bonchev–Trinajstić information content (AvgIpc) is 3.34. The summed E-state index contributed by atoms with van der Waals surface area (Å²) in [6.45, 7) is 4.99. The molecule has 5 heteroatoms. The van der Waals surface area contributed by atoms with Crippen molar-refractivity contribution in [2.75, 3.05) is 20.1 Å². The number of nitrogens with zero attached hydrogens (tertiary/aromatic N) is 4. The quantitative estimate of drug-likeness (QED) is 0.645. The Kier molecular flexibility index (Phi) is 5.07. The van der Waals surface area contributed by atoms with Crippen molar-refractivity contribution in [3.05, 3.63) is 65.5 Å². The monoisotopic (exact) mass is 402 g/mol. The van der Waals surface area contributed by atoms with Gasteiger partial charge in [-0.2, -0.15) is 0 Å². The summed E-state index contributed by atoms with van der Waals surface area (Å²) >= 11 is 0. The molecule has 1 saturated heterocycles. The maximum atomic E-state index is 13.0. The third kappa shape index (κ3) is 3.63. The van der Waals surface area contributed by atoms with E-state index in [1.54, 1.807) is 0 Å². The summed E-state index contributed by atoms with van der Waals surface area (Å²) < 4.78 is 2.16. The molecule has 1 saturated carbocycles. The zero-order chi connectivity index (χ0) is 20.7. The van der Waals surface area contributed by atoms with Crippen molar-refractivity contribution in [1.29, 1.82) is 0 Å². The number of carbonyl (C=O) groups excluding carboxylic acids is 1. The van der Waals surface area contributed by atoms with Gasteiger partial charge in [-0.15, -0.1) is 0 Å². The lowest BCUT2D eigenvalue weighted by Crippen LogP contribution is -2.43. The second-order valence-corrected chi connectivity index (χ2v) is 9.00. The van der Waals surface area contributed by atoms with E-state index in [4.69, 9.17) is 0 Å². The van der Waals surface area contributed by atoms with Crippen LogP contribution in [0.25, 0.3) is 11.0 Å². The van der Waals surface area contributed by atoms with E-state index in [1.807, 2.05) is 30.4 Å². The normalized spacial score (nSPS) is 19.9. The molecule has 2 aliphatic rings. The lowest BCUT2D eigenvalue weighted by Gasteiger charge is -2.35. The van der Waals surface area contributed by atoms with Gasteiger partial charge < -0.3 is 9.47 Å². The summed E-state index contributed by atoms with van der Waals surface area (Å²) in [4.78, 5) is 22.1. The fourth-order valence-electron chi connectivity index (χ4n) is 4.79. The van der Waals surface area contributed by atoms with Crippen LogP contribution in [0.3, 0.4) is 0 Å². The SMILES string of the molecule is Cc1ccc2c(c1)ncn2Cc1ccc(C(=O)N(C)[C@@H]2CCN(C3CCC3)C2)cc1.